The lowest BCUT2D eigenvalue weighted by atomic mass is 10.2. The summed E-state index contributed by atoms with van der Waals surface area (Å²) < 4.78 is 11.9. The van der Waals surface area contributed by atoms with Crippen LogP contribution in [-0.4, -0.2) is 45.3 Å². The van der Waals surface area contributed by atoms with Crippen LogP contribution in [-0.2, 0) is 0 Å². The first-order valence-electron chi connectivity index (χ1n) is 10.1. The molecule has 1 aromatic carbocycles. The Bertz CT molecular complexity index is 921. The van der Waals surface area contributed by atoms with Gasteiger partial charge in [-0.15, -0.1) is 0 Å². The van der Waals surface area contributed by atoms with Crippen LogP contribution in [0.3, 0.4) is 0 Å². The second kappa shape index (κ2) is 7.72. The molecule has 2 aliphatic rings. The minimum Gasteiger partial charge on any atom is -0.488 e. The highest BCUT2D eigenvalue weighted by Gasteiger charge is 2.31. The Labute approximate surface area is 164 Å². The Hall–Kier alpha value is -2.73. The number of benzene rings is 1. The van der Waals surface area contributed by atoms with Gasteiger partial charge in [0.05, 0.1) is 5.56 Å². The summed E-state index contributed by atoms with van der Waals surface area (Å²) in [7, 11) is 0. The number of hydrogen-bond donors (Lipinski definition) is 0. The molecule has 1 aliphatic heterocycles. The van der Waals surface area contributed by atoms with Crippen LogP contribution in [0.25, 0.3) is 22.8 Å². The van der Waals surface area contributed by atoms with Crippen LogP contribution in [0, 0.1) is 0 Å². The SMILES string of the molecule is c1ccc(-c2nc(-c3ccncc3)no2)c(OC2CCN(C3CCCC3)C2)c1. The van der Waals surface area contributed by atoms with Crippen molar-refractivity contribution in [3.05, 3.63) is 48.8 Å². The fourth-order valence-corrected chi connectivity index (χ4v) is 4.33. The summed E-state index contributed by atoms with van der Waals surface area (Å²) >= 11 is 0. The van der Waals surface area contributed by atoms with Crippen LogP contribution in [0.5, 0.6) is 5.75 Å². The van der Waals surface area contributed by atoms with E-state index in [0.717, 1.165) is 42.4 Å². The number of ether oxygens (including phenoxy) is 1. The maximum Gasteiger partial charge on any atom is 0.262 e. The third kappa shape index (κ3) is 3.52. The number of nitrogens with zero attached hydrogens (tertiary/aromatic N) is 4. The molecular weight excluding hydrogens is 352 g/mol. The number of para-hydroxylation sites is 1. The lowest BCUT2D eigenvalue weighted by molar-refractivity contribution is 0.179. The van der Waals surface area contributed by atoms with Gasteiger partial charge in [0.15, 0.2) is 0 Å². The Morgan fingerprint density at radius 2 is 1.82 bits per heavy atom. The van der Waals surface area contributed by atoms with Gasteiger partial charge in [-0.1, -0.05) is 30.1 Å². The molecule has 144 valence electrons. The normalized spacial score (nSPS) is 20.6. The molecule has 28 heavy (non-hydrogen) atoms. The first-order chi connectivity index (χ1) is 13.9. The van der Waals surface area contributed by atoms with E-state index in [2.05, 4.69) is 20.0 Å². The van der Waals surface area contributed by atoms with E-state index in [9.17, 15) is 0 Å². The highest BCUT2D eigenvalue weighted by atomic mass is 16.5. The van der Waals surface area contributed by atoms with Crippen molar-refractivity contribution < 1.29 is 9.26 Å². The minimum absolute atomic E-state index is 0.212. The van der Waals surface area contributed by atoms with Gasteiger partial charge in [-0.05, 0) is 43.5 Å². The van der Waals surface area contributed by atoms with Gasteiger partial charge < -0.3 is 9.26 Å². The minimum atomic E-state index is 0.212. The van der Waals surface area contributed by atoms with E-state index in [1.54, 1.807) is 12.4 Å². The molecule has 1 unspecified atom stereocenters. The summed E-state index contributed by atoms with van der Waals surface area (Å²) in [6.45, 7) is 2.13. The molecule has 5 rings (SSSR count). The van der Waals surface area contributed by atoms with E-state index in [4.69, 9.17) is 9.26 Å². The van der Waals surface area contributed by atoms with Gasteiger partial charge in [-0.25, -0.2) is 0 Å². The van der Waals surface area contributed by atoms with E-state index in [1.165, 1.54) is 25.7 Å². The van der Waals surface area contributed by atoms with Crippen molar-refractivity contribution in [1.82, 2.24) is 20.0 Å². The van der Waals surface area contributed by atoms with Gasteiger partial charge in [0.1, 0.15) is 11.9 Å². The Morgan fingerprint density at radius 3 is 2.68 bits per heavy atom. The molecule has 6 nitrogen and oxygen atoms in total. The van der Waals surface area contributed by atoms with Crippen molar-refractivity contribution in [3.63, 3.8) is 0 Å². The number of aromatic nitrogens is 3. The lowest BCUT2D eigenvalue weighted by Crippen LogP contribution is -2.32. The second-order valence-electron chi connectivity index (χ2n) is 7.62. The third-order valence-corrected chi connectivity index (χ3v) is 5.79. The molecule has 3 heterocycles. The maximum atomic E-state index is 6.39. The van der Waals surface area contributed by atoms with Crippen molar-refractivity contribution in [2.45, 2.75) is 44.2 Å². The fraction of sp³-hybridized carbons (Fsp3) is 0.409. The molecule has 0 spiro atoms. The second-order valence-corrected chi connectivity index (χ2v) is 7.62. The molecule has 3 aromatic rings. The summed E-state index contributed by atoms with van der Waals surface area (Å²) in [5.74, 6) is 1.85. The zero-order valence-corrected chi connectivity index (χ0v) is 15.8. The molecule has 1 saturated heterocycles. The lowest BCUT2D eigenvalue weighted by Gasteiger charge is -2.23. The first-order valence-corrected chi connectivity index (χ1v) is 10.1. The van der Waals surface area contributed by atoms with Crippen molar-refractivity contribution in [2.75, 3.05) is 13.1 Å². The van der Waals surface area contributed by atoms with Crippen LogP contribution < -0.4 is 4.74 Å². The predicted molar refractivity (Wildman–Crippen MR) is 106 cm³/mol. The monoisotopic (exact) mass is 376 g/mol. The highest BCUT2D eigenvalue weighted by molar-refractivity contribution is 5.65. The highest BCUT2D eigenvalue weighted by Crippen LogP contribution is 2.33. The van der Waals surface area contributed by atoms with E-state index < -0.39 is 0 Å². The smallest absolute Gasteiger partial charge is 0.262 e. The molecule has 0 amide bonds. The van der Waals surface area contributed by atoms with Gasteiger partial charge in [0, 0.05) is 37.1 Å². The van der Waals surface area contributed by atoms with Crippen molar-refractivity contribution in [2.24, 2.45) is 0 Å². The maximum absolute atomic E-state index is 6.39. The Kier molecular flexibility index (Phi) is 4.79. The summed E-state index contributed by atoms with van der Waals surface area (Å²) in [6, 6.07) is 12.4. The number of hydrogen-bond acceptors (Lipinski definition) is 6. The fourth-order valence-electron chi connectivity index (χ4n) is 4.33. The zero-order chi connectivity index (χ0) is 18.8. The molecule has 0 radical (unpaired) electrons. The van der Waals surface area contributed by atoms with Gasteiger partial charge in [-0.2, -0.15) is 4.98 Å². The van der Waals surface area contributed by atoms with Crippen LogP contribution in [0.15, 0.2) is 53.3 Å². The van der Waals surface area contributed by atoms with E-state index >= 15 is 0 Å². The summed E-state index contributed by atoms with van der Waals surface area (Å²) in [4.78, 5) is 11.2. The van der Waals surface area contributed by atoms with Gasteiger partial charge in [0.2, 0.25) is 5.82 Å². The standard InChI is InChI=1S/C22H24N4O2/c1-2-6-17(5-1)26-14-11-18(15-26)27-20-8-4-3-7-19(20)22-24-21(25-28-22)16-9-12-23-13-10-16/h3-4,7-10,12-13,17-18H,1-2,5-6,11,14-15H2. The topological polar surface area (TPSA) is 64.3 Å². The molecule has 1 aliphatic carbocycles. The molecule has 6 heteroatoms. The van der Waals surface area contributed by atoms with E-state index in [1.807, 2.05) is 36.4 Å². The molecule has 1 saturated carbocycles. The predicted octanol–water partition coefficient (Wildman–Crippen LogP) is 4.19. The van der Waals surface area contributed by atoms with Crippen LogP contribution in [0.2, 0.25) is 0 Å². The van der Waals surface area contributed by atoms with Crippen molar-refractivity contribution in [1.29, 1.82) is 0 Å². The average molecular weight is 376 g/mol. The number of rotatable bonds is 5. The third-order valence-electron chi connectivity index (χ3n) is 5.79. The zero-order valence-electron chi connectivity index (χ0n) is 15.8. The Balaban J connectivity index is 1.33. The Morgan fingerprint density at radius 1 is 1.00 bits per heavy atom. The largest absolute Gasteiger partial charge is 0.488 e. The quantitative estimate of drug-likeness (QED) is 0.665. The van der Waals surface area contributed by atoms with Crippen LogP contribution >= 0.6 is 0 Å². The molecule has 0 N–H and O–H groups in total. The number of pyridine rings is 1. The van der Waals surface area contributed by atoms with Crippen LogP contribution in [0.1, 0.15) is 32.1 Å². The molecule has 2 aromatic heterocycles. The summed E-state index contributed by atoms with van der Waals surface area (Å²) in [6.07, 6.45) is 10.1. The van der Waals surface area contributed by atoms with Gasteiger partial charge >= 0.3 is 0 Å². The molecular formula is C22H24N4O2. The number of likely N-dealkylation sites (tertiary alicyclic amines) is 1. The summed E-state index contributed by atoms with van der Waals surface area (Å²) in [5, 5.41) is 4.12. The van der Waals surface area contributed by atoms with Crippen molar-refractivity contribution in [3.8, 4) is 28.6 Å². The van der Waals surface area contributed by atoms with E-state index in [0.29, 0.717) is 11.7 Å². The molecule has 1 atom stereocenters. The van der Waals surface area contributed by atoms with Gasteiger partial charge in [-0.3, -0.25) is 9.88 Å². The van der Waals surface area contributed by atoms with E-state index in [-0.39, 0.29) is 6.10 Å². The van der Waals surface area contributed by atoms with Crippen molar-refractivity contribution >= 4 is 0 Å². The average Bonchev–Trinajstić information content (AvgIpc) is 3.50. The first kappa shape index (κ1) is 17.4. The van der Waals surface area contributed by atoms with Gasteiger partial charge in [0.25, 0.3) is 5.89 Å². The molecule has 0 bridgehead atoms. The van der Waals surface area contributed by atoms with Crippen LogP contribution in [0.4, 0.5) is 0 Å². The molecule has 2 fully saturated rings. The summed E-state index contributed by atoms with van der Waals surface area (Å²) in [5.41, 5.74) is 1.72.